The highest BCUT2D eigenvalue weighted by atomic mass is 16.5. The molecule has 0 aliphatic carbocycles. The van der Waals surface area contributed by atoms with E-state index < -0.39 is 6.04 Å². The number of carbonyl (C=O) groups is 1. The Balaban J connectivity index is 1.28. The molecule has 0 bridgehead atoms. The van der Waals surface area contributed by atoms with Crippen molar-refractivity contribution in [3.8, 4) is 23.0 Å². The lowest BCUT2D eigenvalue weighted by atomic mass is 9.90. The molecule has 2 heterocycles. The van der Waals surface area contributed by atoms with Gasteiger partial charge in [0, 0.05) is 28.7 Å². The van der Waals surface area contributed by atoms with Crippen LogP contribution in [0.25, 0.3) is 0 Å². The van der Waals surface area contributed by atoms with E-state index >= 15 is 0 Å². The molecule has 39 heavy (non-hydrogen) atoms. The SMILES string of the molecule is Nc1ccc(Oc2ccc(C3=NC(c4ccc(Oc5ccc(N)cc5)cc4)C(=O)c4cccnc43)cc2)cc1. The van der Waals surface area contributed by atoms with Crippen LogP contribution in [0.2, 0.25) is 0 Å². The number of carbonyl (C=O) groups excluding carboxylic acids is 1. The van der Waals surface area contributed by atoms with E-state index in [1.54, 1.807) is 54.7 Å². The number of hydrogen-bond donors (Lipinski definition) is 2. The van der Waals surface area contributed by atoms with E-state index in [-0.39, 0.29) is 5.78 Å². The number of rotatable bonds is 6. The van der Waals surface area contributed by atoms with Crippen LogP contribution < -0.4 is 20.9 Å². The summed E-state index contributed by atoms with van der Waals surface area (Å²) in [5.41, 5.74) is 16.2. The molecule has 1 atom stereocenters. The number of nitrogens with zero attached hydrogens (tertiary/aromatic N) is 2. The van der Waals surface area contributed by atoms with Crippen molar-refractivity contribution in [2.45, 2.75) is 6.04 Å². The monoisotopic (exact) mass is 512 g/mol. The molecular formula is C32H24N4O3. The lowest BCUT2D eigenvalue weighted by molar-refractivity contribution is 0.0959. The number of nitrogen functional groups attached to an aromatic ring is 2. The number of ketones is 1. The lowest BCUT2D eigenvalue weighted by Gasteiger charge is -2.22. The summed E-state index contributed by atoms with van der Waals surface area (Å²) in [5.74, 6) is 2.58. The highest BCUT2D eigenvalue weighted by molar-refractivity contribution is 6.21. The Morgan fingerprint density at radius 1 is 0.615 bits per heavy atom. The molecule has 0 radical (unpaired) electrons. The second-order valence-electron chi connectivity index (χ2n) is 9.08. The first-order chi connectivity index (χ1) is 19.0. The molecule has 7 heteroatoms. The number of aliphatic imine (C=N–C) groups is 1. The third kappa shape index (κ3) is 5.06. The molecule has 6 rings (SSSR count). The summed E-state index contributed by atoms with van der Waals surface area (Å²) in [5, 5.41) is 0. The van der Waals surface area contributed by atoms with Crippen LogP contribution in [0.5, 0.6) is 23.0 Å². The number of pyridine rings is 1. The molecule has 0 fully saturated rings. The standard InChI is InChI=1S/C32H24N4O3/c33-22-7-15-26(16-8-22)38-24-11-3-20(4-12-24)29-31-28(2-1-19-35-31)32(37)30(36-29)21-5-13-25(14-6-21)39-27-17-9-23(34)10-18-27/h1-19,30H,33-34H2. The highest BCUT2D eigenvalue weighted by Gasteiger charge is 2.31. The first-order valence-electron chi connectivity index (χ1n) is 12.4. The van der Waals surface area contributed by atoms with Crippen molar-refractivity contribution in [1.82, 2.24) is 4.98 Å². The first-order valence-corrected chi connectivity index (χ1v) is 12.4. The number of hydrogen-bond acceptors (Lipinski definition) is 7. The molecule has 5 aromatic rings. The molecular weight excluding hydrogens is 488 g/mol. The summed E-state index contributed by atoms with van der Waals surface area (Å²) in [4.78, 5) is 22.8. The topological polar surface area (TPSA) is 113 Å². The molecule has 1 unspecified atom stereocenters. The first kappa shape index (κ1) is 23.9. The Morgan fingerprint density at radius 2 is 1.10 bits per heavy atom. The van der Waals surface area contributed by atoms with Crippen LogP contribution in [-0.4, -0.2) is 16.5 Å². The fraction of sp³-hybridized carbons (Fsp3) is 0.0312. The molecule has 190 valence electrons. The Morgan fingerprint density at radius 3 is 1.64 bits per heavy atom. The summed E-state index contributed by atoms with van der Waals surface area (Å²) in [7, 11) is 0. The lowest BCUT2D eigenvalue weighted by Crippen LogP contribution is -2.24. The molecule has 0 spiro atoms. The van der Waals surface area contributed by atoms with E-state index in [0.717, 1.165) is 11.1 Å². The molecule has 0 amide bonds. The van der Waals surface area contributed by atoms with Gasteiger partial charge in [-0.1, -0.05) is 12.1 Å². The van der Waals surface area contributed by atoms with E-state index in [4.69, 9.17) is 25.9 Å². The van der Waals surface area contributed by atoms with Gasteiger partial charge in [0.25, 0.3) is 0 Å². The second kappa shape index (κ2) is 10.1. The van der Waals surface area contributed by atoms with Gasteiger partial charge in [-0.2, -0.15) is 0 Å². The molecule has 1 aromatic heterocycles. The Bertz CT molecular complexity index is 1660. The summed E-state index contributed by atoms with van der Waals surface area (Å²) < 4.78 is 11.8. The fourth-order valence-corrected chi connectivity index (χ4v) is 4.37. The molecule has 0 saturated heterocycles. The maximum absolute atomic E-state index is 13.5. The van der Waals surface area contributed by atoms with E-state index in [0.29, 0.717) is 51.3 Å². The van der Waals surface area contributed by atoms with Crippen molar-refractivity contribution in [2.75, 3.05) is 11.5 Å². The number of aromatic nitrogens is 1. The van der Waals surface area contributed by atoms with Crippen molar-refractivity contribution in [3.05, 3.63) is 138 Å². The number of benzene rings is 4. The van der Waals surface area contributed by atoms with Crippen molar-refractivity contribution < 1.29 is 14.3 Å². The Labute approximate surface area is 225 Å². The van der Waals surface area contributed by atoms with E-state index in [1.165, 1.54) is 0 Å². The average Bonchev–Trinajstić information content (AvgIpc) is 2.97. The predicted octanol–water partition coefficient (Wildman–Crippen LogP) is 6.61. The minimum Gasteiger partial charge on any atom is -0.457 e. The third-order valence-corrected chi connectivity index (χ3v) is 6.36. The van der Waals surface area contributed by atoms with Gasteiger partial charge < -0.3 is 20.9 Å². The Kier molecular flexibility index (Phi) is 6.23. The van der Waals surface area contributed by atoms with Crippen molar-refractivity contribution >= 4 is 22.9 Å². The van der Waals surface area contributed by atoms with Crippen LogP contribution in [0.4, 0.5) is 11.4 Å². The quantitative estimate of drug-likeness (QED) is 0.248. The minimum absolute atomic E-state index is 0.0997. The van der Waals surface area contributed by atoms with Crippen LogP contribution in [-0.2, 0) is 0 Å². The number of ether oxygens (including phenoxy) is 2. The van der Waals surface area contributed by atoms with Gasteiger partial charge in [-0.15, -0.1) is 0 Å². The van der Waals surface area contributed by atoms with Gasteiger partial charge >= 0.3 is 0 Å². The summed E-state index contributed by atoms with van der Waals surface area (Å²) in [6.45, 7) is 0. The van der Waals surface area contributed by atoms with Gasteiger partial charge in [-0.25, -0.2) is 0 Å². The van der Waals surface area contributed by atoms with Crippen molar-refractivity contribution in [3.63, 3.8) is 0 Å². The maximum atomic E-state index is 13.5. The zero-order chi connectivity index (χ0) is 26.8. The maximum Gasteiger partial charge on any atom is 0.194 e. The van der Waals surface area contributed by atoms with Crippen LogP contribution in [0.1, 0.15) is 33.2 Å². The van der Waals surface area contributed by atoms with E-state index in [9.17, 15) is 4.79 Å². The zero-order valence-corrected chi connectivity index (χ0v) is 20.8. The second-order valence-corrected chi connectivity index (χ2v) is 9.08. The summed E-state index contributed by atoms with van der Waals surface area (Å²) in [6.07, 6.45) is 1.67. The molecule has 7 nitrogen and oxygen atoms in total. The third-order valence-electron chi connectivity index (χ3n) is 6.36. The largest absolute Gasteiger partial charge is 0.457 e. The molecule has 4 aromatic carbocycles. The van der Waals surface area contributed by atoms with Gasteiger partial charge in [0.1, 0.15) is 29.0 Å². The van der Waals surface area contributed by atoms with Crippen LogP contribution in [0.3, 0.4) is 0 Å². The van der Waals surface area contributed by atoms with E-state index in [1.807, 2.05) is 60.7 Å². The van der Waals surface area contributed by atoms with E-state index in [2.05, 4.69) is 4.98 Å². The van der Waals surface area contributed by atoms with Gasteiger partial charge in [-0.3, -0.25) is 14.8 Å². The van der Waals surface area contributed by atoms with Crippen molar-refractivity contribution in [1.29, 1.82) is 0 Å². The smallest absolute Gasteiger partial charge is 0.194 e. The van der Waals surface area contributed by atoms with Crippen LogP contribution >= 0.6 is 0 Å². The normalized spacial score (nSPS) is 14.3. The van der Waals surface area contributed by atoms with Gasteiger partial charge in [0.15, 0.2) is 5.78 Å². The minimum atomic E-state index is -0.701. The molecule has 1 aliphatic heterocycles. The number of fused-ring (bicyclic) bond motifs is 1. The molecule has 0 saturated carbocycles. The predicted molar refractivity (Wildman–Crippen MR) is 152 cm³/mol. The highest BCUT2D eigenvalue weighted by Crippen LogP contribution is 2.33. The number of Topliss-reactive ketones (excluding diaryl/α,β-unsaturated/α-hetero) is 1. The van der Waals surface area contributed by atoms with Crippen LogP contribution in [0.15, 0.2) is 120 Å². The van der Waals surface area contributed by atoms with Gasteiger partial charge in [0.05, 0.1) is 11.4 Å². The summed E-state index contributed by atoms with van der Waals surface area (Å²) >= 11 is 0. The number of nitrogens with two attached hydrogens (primary N) is 2. The van der Waals surface area contributed by atoms with Gasteiger partial charge in [-0.05, 0) is 103 Å². The molecule has 1 aliphatic rings. The summed E-state index contributed by atoms with van der Waals surface area (Å²) in [6, 6.07) is 32.2. The number of anilines is 2. The van der Waals surface area contributed by atoms with Crippen molar-refractivity contribution in [2.24, 2.45) is 4.99 Å². The molecule has 4 N–H and O–H groups in total. The zero-order valence-electron chi connectivity index (χ0n) is 20.8. The van der Waals surface area contributed by atoms with Gasteiger partial charge in [0.2, 0.25) is 0 Å². The Hall–Kier alpha value is -5.43. The average molecular weight is 513 g/mol. The fourth-order valence-electron chi connectivity index (χ4n) is 4.37. The van der Waals surface area contributed by atoms with Crippen LogP contribution in [0, 0.1) is 0 Å².